The zero-order valence-corrected chi connectivity index (χ0v) is 11.0. The van der Waals surface area contributed by atoms with E-state index in [4.69, 9.17) is 0 Å². The Morgan fingerprint density at radius 2 is 1.90 bits per heavy atom. The van der Waals surface area contributed by atoms with Crippen LogP contribution < -0.4 is 5.32 Å². The summed E-state index contributed by atoms with van der Waals surface area (Å²) in [7, 11) is 0. The third-order valence-electron chi connectivity index (χ3n) is 4.78. The van der Waals surface area contributed by atoms with Crippen LogP contribution in [0.15, 0.2) is 18.2 Å². The van der Waals surface area contributed by atoms with Crippen LogP contribution in [-0.4, -0.2) is 17.1 Å². The molecule has 0 saturated heterocycles. The van der Waals surface area contributed by atoms with Crippen molar-refractivity contribution in [2.75, 3.05) is 0 Å². The fourth-order valence-corrected chi connectivity index (χ4v) is 3.86. The summed E-state index contributed by atoms with van der Waals surface area (Å²) in [6.45, 7) is 0.0379. The molecule has 0 heterocycles. The molecule has 3 nitrogen and oxygen atoms in total. The van der Waals surface area contributed by atoms with E-state index in [-0.39, 0.29) is 24.1 Å². The minimum Gasteiger partial charge on any atom is -0.481 e. The van der Waals surface area contributed by atoms with Gasteiger partial charge in [0.1, 0.15) is 11.6 Å². The predicted octanol–water partition coefficient (Wildman–Crippen LogP) is 2.55. The first-order valence-corrected chi connectivity index (χ1v) is 6.97. The SMILES string of the molecule is O=C(O)C1C2CCC(C2)C1NCc1c(F)cccc1F. The van der Waals surface area contributed by atoms with Gasteiger partial charge in [-0.05, 0) is 43.2 Å². The molecule has 2 fully saturated rings. The third-order valence-corrected chi connectivity index (χ3v) is 4.78. The quantitative estimate of drug-likeness (QED) is 0.891. The molecule has 4 unspecified atom stereocenters. The molecule has 2 N–H and O–H groups in total. The van der Waals surface area contributed by atoms with Crippen molar-refractivity contribution in [3.63, 3.8) is 0 Å². The van der Waals surface area contributed by atoms with Gasteiger partial charge in [-0.3, -0.25) is 4.79 Å². The molecule has 0 aliphatic heterocycles. The maximum Gasteiger partial charge on any atom is 0.308 e. The predicted molar refractivity (Wildman–Crippen MR) is 68.9 cm³/mol. The maximum atomic E-state index is 13.6. The third kappa shape index (κ3) is 2.20. The molecule has 2 aliphatic rings. The molecular weight excluding hydrogens is 264 g/mol. The lowest BCUT2D eigenvalue weighted by Gasteiger charge is -2.29. The molecule has 1 aromatic carbocycles. The molecule has 0 aromatic heterocycles. The van der Waals surface area contributed by atoms with Crippen molar-refractivity contribution >= 4 is 5.97 Å². The van der Waals surface area contributed by atoms with Crippen LogP contribution in [0.2, 0.25) is 0 Å². The van der Waals surface area contributed by atoms with Gasteiger partial charge >= 0.3 is 5.97 Å². The lowest BCUT2D eigenvalue weighted by Crippen LogP contribution is -2.44. The Kier molecular flexibility index (Phi) is 3.46. The summed E-state index contributed by atoms with van der Waals surface area (Å²) in [5.41, 5.74) is -0.0144. The molecule has 1 aromatic rings. The van der Waals surface area contributed by atoms with Gasteiger partial charge in [-0.2, -0.15) is 0 Å². The van der Waals surface area contributed by atoms with Crippen molar-refractivity contribution in [1.82, 2.24) is 5.32 Å². The van der Waals surface area contributed by atoms with Gasteiger partial charge in [0.05, 0.1) is 5.92 Å². The van der Waals surface area contributed by atoms with Gasteiger partial charge in [-0.15, -0.1) is 0 Å². The molecule has 0 amide bonds. The number of nitrogens with one attached hydrogen (secondary N) is 1. The second-order valence-electron chi connectivity index (χ2n) is 5.80. The van der Waals surface area contributed by atoms with Crippen LogP contribution in [0.25, 0.3) is 0 Å². The largest absolute Gasteiger partial charge is 0.481 e. The number of fused-ring (bicyclic) bond motifs is 2. The summed E-state index contributed by atoms with van der Waals surface area (Å²) in [6, 6.07) is 3.59. The van der Waals surface area contributed by atoms with Crippen molar-refractivity contribution in [2.24, 2.45) is 17.8 Å². The summed E-state index contributed by atoms with van der Waals surface area (Å²) in [5, 5.41) is 12.4. The zero-order chi connectivity index (χ0) is 14.3. The van der Waals surface area contributed by atoms with E-state index in [1.165, 1.54) is 18.2 Å². The summed E-state index contributed by atoms with van der Waals surface area (Å²) in [5.74, 6) is -1.89. The number of rotatable bonds is 4. The number of benzene rings is 1. The van der Waals surface area contributed by atoms with Crippen molar-refractivity contribution < 1.29 is 18.7 Å². The molecule has 4 atom stereocenters. The first kappa shape index (κ1) is 13.5. The average molecular weight is 281 g/mol. The van der Waals surface area contributed by atoms with Gasteiger partial charge < -0.3 is 10.4 Å². The Bertz CT molecular complexity index is 514. The van der Waals surface area contributed by atoms with E-state index >= 15 is 0 Å². The molecule has 0 spiro atoms. The summed E-state index contributed by atoms with van der Waals surface area (Å²) in [6.07, 6.45) is 2.87. The first-order chi connectivity index (χ1) is 9.58. The normalized spacial score (nSPS) is 31.7. The molecule has 5 heteroatoms. The molecule has 2 bridgehead atoms. The maximum absolute atomic E-state index is 13.6. The highest BCUT2D eigenvalue weighted by Gasteiger charge is 2.50. The van der Waals surface area contributed by atoms with Gasteiger partial charge in [0, 0.05) is 18.2 Å². The number of hydrogen-bond acceptors (Lipinski definition) is 2. The van der Waals surface area contributed by atoms with Gasteiger partial charge in [0.15, 0.2) is 0 Å². The minimum atomic E-state index is -0.802. The topological polar surface area (TPSA) is 49.3 Å². The minimum absolute atomic E-state index is 0.0144. The number of carboxylic acid groups (broad SMARTS) is 1. The van der Waals surface area contributed by atoms with Crippen molar-refractivity contribution in [3.8, 4) is 0 Å². The van der Waals surface area contributed by atoms with Gasteiger partial charge in [0.2, 0.25) is 0 Å². The number of halogens is 2. The molecule has 2 aliphatic carbocycles. The van der Waals surface area contributed by atoms with Gasteiger partial charge in [0.25, 0.3) is 0 Å². The highest BCUT2D eigenvalue weighted by molar-refractivity contribution is 5.72. The number of aliphatic carboxylic acids is 1. The molecule has 3 rings (SSSR count). The van der Waals surface area contributed by atoms with Crippen LogP contribution in [0.4, 0.5) is 8.78 Å². The van der Waals surface area contributed by atoms with Crippen LogP contribution in [0, 0.1) is 29.4 Å². The lowest BCUT2D eigenvalue weighted by molar-refractivity contribution is -0.144. The standard InChI is InChI=1S/C15H17F2NO2/c16-11-2-1-3-12(17)10(11)7-18-14-9-5-4-8(6-9)13(14)15(19)20/h1-3,8-9,13-14,18H,4-7H2,(H,19,20). The molecule has 2 saturated carbocycles. The molecule has 0 radical (unpaired) electrons. The van der Waals surface area contributed by atoms with Gasteiger partial charge in [-0.25, -0.2) is 8.78 Å². The van der Waals surface area contributed by atoms with Crippen molar-refractivity contribution in [1.29, 1.82) is 0 Å². The van der Waals surface area contributed by atoms with Crippen LogP contribution >= 0.6 is 0 Å². The smallest absolute Gasteiger partial charge is 0.308 e. The second kappa shape index (κ2) is 5.13. The highest BCUT2D eigenvalue weighted by Crippen LogP contribution is 2.48. The molecule has 20 heavy (non-hydrogen) atoms. The van der Waals surface area contributed by atoms with E-state index in [9.17, 15) is 18.7 Å². The number of hydrogen-bond donors (Lipinski definition) is 2. The summed E-state index contributed by atoms with van der Waals surface area (Å²) < 4.78 is 27.1. The second-order valence-corrected chi connectivity index (χ2v) is 5.80. The Morgan fingerprint density at radius 3 is 2.55 bits per heavy atom. The Hall–Kier alpha value is -1.49. The number of carbonyl (C=O) groups is 1. The van der Waals surface area contributed by atoms with Crippen LogP contribution in [-0.2, 0) is 11.3 Å². The Balaban J connectivity index is 1.73. The first-order valence-electron chi connectivity index (χ1n) is 6.97. The van der Waals surface area contributed by atoms with Crippen molar-refractivity contribution in [3.05, 3.63) is 35.4 Å². The molecular formula is C15H17F2NO2. The summed E-state index contributed by atoms with van der Waals surface area (Å²) >= 11 is 0. The van der Waals surface area contributed by atoms with Gasteiger partial charge in [-0.1, -0.05) is 6.07 Å². The fourth-order valence-electron chi connectivity index (χ4n) is 3.86. The van der Waals surface area contributed by atoms with E-state index in [1.54, 1.807) is 0 Å². The van der Waals surface area contributed by atoms with Crippen LogP contribution in [0.1, 0.15) is 24.8 Å². The van der Waals surface area contributed by atoms with E-state index in [0.717, 1.165) is 19.3 Å². The highest BCUT2D eigenvalue weighted by atomic mass is 19.1. The lowest BCUT2D eigenvalue weighted by atomic mass is 9.84. The Morgan fingerprint density at radius 1 is 1.25 bits per heavy atom. The van der Waals surface area contributed by atoms with E-state index < -0.39 is 23.5 Å². The van der Waals surface area contributed by atoms with E-state index in [2.05, 4.69) is 5.32 Å². The monoisotopic (exact) mass is 281 g/mol. The fraction of sp³-hybridized carbons (Fsp3) is 0.533. The van der Waals surface area contributed by atoms with Crippen LogP contribution in [0.3, 0.4) is 0 Å². The van der Waals surface area contributed by atoms with E-state index in [0.29, 0.717) is 5.92 Å². The van der Waals surface area contributed by atoms with Crippen molar-refractivity contribution in [2.45, 2.75) is 31.8 Å². The average Bonchev–Trinajstić information content (AvgIpc) is 2.98. The summed E-state index contributed by atoms with van der Waals surface area (Å²) in [4.78, 5) is 11.4. The zero-order valence-electron chi connectivity index (χ0n) is 11.0. The van der Waals surface area contributed by atoms with E-state index in [1.807, 2.05) is 0 Å². The number of carboxylic acids is 1. The Labute approximate surface area is 116 Å². The van der Waals surface area contributed by atoms with Crippen LogP contribution in [0.5, 0.6) is 0 Å². The molecule has 108 valence electrons.